The van der Waals surface area contributed by atoms with Crippen LogP contribution in [0.2, 0.25) is 30.7 Å². The second kappa shape index (κ2) is 9.22. The zero-order valence-electron chi connectivity index (χ0n) is 18.7. The van der Waals surface area contributed by atoms with E-state index in [1.807, 2.05) is 0 Å². The Hall–Kier alpha value is -2.78. The molecule has 10 heteroatoms. The first-order chi connectivity index (χ1) is 15.3. The molecule has 0 aliphatic carbocycles. The molecule has 176 valence electrons. The van der Waals surface area contributed by atoms with Crippen LogP contribution in [0, 0.1) is 24.4 Å². The Bertz CT molecular complexity index is 1300. The summed E-state index contributed by atoms with van der Waals surface area (Å²) >= 11 is 5.88. The van der Waals surface area contributed by atoms with Crippen molar-refractivity contribution in [2.45, 2.75) is 39.0 Å². The average molecular weight is 497 g/mol. The molecule has 0 saturated heterocycles. The zero-order chi connectivity index (χ0) is 24.7. The molecule has 1 aromatic heterocycles. The smallest absolute Gasteiger partial charge is 0.254 e. The van der Waals surface area contributed by atoms with Crippen LogP contribution in [0.1, 0.15) is 27.2 Å². The predicted molar refractivity (Wildman–Crippen MR) is 125 cm³/mol. The van der Waals surface area contributed by atoms with Crippen molar-refractivity contribution >= 4 is 36.5 Å². The maximum Gasteiger partial charge on any atom is 0.254 e. The maximum absolute atomic E-state index is 15.1. The number of aromatic nitrogens is 1. The van der Waals surface area contributed by atoms with Crippen molar-refractivity contribution in [2.75, 3.05) is 6.61 Å². The van der Waals surface area contributed by atoms with E-state index in [0.717, 1.165) is 4.73 Å². The number of halogens is 4. The number of pyridine rings is 1. The van der Waals surface area contributed by atoms with Gasteiger partial charge in [0.1, 0.15) is 17.7 Å². The summed E-state index contributed by atoms with van der Waals surface area (Å²) in [5.41, 5.74) is 3.41. The first-order valence-electron chi connectivity index (χ1n) is 10.3. The Morgan fingerprint density at radius 2 is 1.70 bits per heavy atom. The Morgan fingerprint density at radius 3 is 2.24 bits per heavy atom. The summed E-state index contributed by atoms with van der Waals surface area (Å²) in [5.74, 6) is -5.91. The Morgan fingerprint density at radius 1 is 1.09 bits per heavy atom. The van der Waals surface area contributed by atoms with Crippen molar-refractivity contribution in [3.63, 3.8) is 0 Å². The normalized spacial score (nSPS) is 11.8. The van der Waals surface area contributed by atoms with Gasteiger partial charge in [0.25, 0.3) is 5.91 Å². The predicted octanol–water partition coefficient (Wildman–Crippen LogP) is 4.84. The molecule has 0 radical (unpaired) electrons. The number of fused-ring (bicyclic) bond motifs is 1. The van der Waals surface area contributed by atoms with Gasteiger partial charge in [-0.3, -0.25) is 9.59 Å². The number of primary amides is 1. The highest BCUT2D eigenvalue weighted by Gasteiger charge is 2.29. The van der Waals surface area contributed by atoms with Gasteiger partial charge < -0.3 is 10.6 Å². The molecule has 3 rings (SSSR count). The molecule has 0 saturated carbocycles. The Labute approximate surface area is 194 Å². The molecule has 33 heavy (non-hydrogen) atoms. The van der Waals surface area contributed by atoms with Crippen LogP contribution in [0.4, 0.5) is 13.2 Å². The quantitative estimate of drug-likeness (QED) is 0.376. The summed E-state index contributed by atoms with van der Waals surface area (Å²) in [7, 11) is -1.57. The highest BCUT2D eigenvalue weighted by Crippen LogP contribution is 2.29. The van der Waals surface area contributed by atoms with Crippen LogP contribution in [-0.4, -0.2) is 25.3 Å². The van der Waals surface area contributed by atoms with E-state index in [2.05, 4.69) is 19.6 Å². The SMILES string of the molecule is Cc1c(C(N)=O)c(=O)c2c(Cc3ccc(Cl)cc3)c(F)c(F)c(F)c2n1OCC[Si](C)(C)C. The van der Waals surface area contributed by atoms with Crippen LogP contribution in [0.25, 0.3) is 10.9 Å². The highest BCUT2D eigenvalue weighted by atomic mass is 35.5. The lowest BCUT2D eigenvalue weighted by molar-refractivity contribution is 0.0982. The third-order valence-electron chi connectivity index (χ3n) is 5.33. The van der Waals surface area contributed by atoms with Crippen molar-refractivity contribution < 1.29 is 22.8 Å². The largest absolute Gasteiger partial charge is 0.414 e. The molecule has 3 aromatic rings. The highest BCUT2D eigenvalue weighted by molar-refractivity contribution is 6.76. The molecule has 2 N–H and O–H groups in total. The minimum absolute atomic E-state index is 0.0853. The fourth-order valence-corrected chi connectivity index (χ4v) is 4.39. The third-order valence-corrected chi connectivity index (χ3v) is 7.29. The molecule has 0 atom stereocenters. The van der Waals surface area contributed by atoms with Crippen molar-refractivity contribution in [3.8, 4) is 0 Å². The molecule has 1 amide bonds. The summed E-state index contributed by atoms with van der Waals surface area (Å²) in [6.07, 6.45) is -0.248. The number of carbonyl (C=O) groups is 1. The van der Waals surface area contributed by atoms with Crippen LogP contribution < -0.4 is 16.0 Å². The topological polar surface area (TPSA) is 74.3 Å². The number of hydrogen-bond donors (Lipinski definition) is 1. The number of hydrogen-bond acceptors (Lipinski definition) is 3. The number of nitrogens with zero attached hydrogens (tertiary/aromatic N) is 1. The second-order valence-corrected chi connectivity index (χ2v) is 15.1. The molecule has 2 aromatic carbocycles. The molecule has 0 bridgehead atoms. The van der Waals surface area contributed by atoms with Gasteiger partial charge in [0.2, 0.25) is 5.43 Å². The minimum atomic E-state index is -1.74. The van der Waals surface area contributed by atoms with E-state index in [4.69, 9.17) is 22.2 Å². The lowest BCUT2D eigenvalue weighted by atomic mass is 9.97. The van der Waals surface area contributed by atoms with Crippen LogP contribution in [0.15, 0.2) is 29.1 Å². The van der Waals surface area contributed by atoms with E-state index in [-0.39, 0.29) is 18.7 Å². The van der Waals surface area contributed by atoms with Gasteiger partial charge in [0.05, 0.1) is 11.1 Å². The molecule has 0 unspecified atom stereocenters. The number of benzene rings is 2. The molecule has 0 aliphatic heterocycles. The Balaban J connectivity index is 2.36. The van der Waals surface area contributed by atoms with E-state index in [9.17, 15) is 18.4 Å². The average Bonchev–Trinajstić information content (AvgIpc) is 2.71. The first-order valence-corrected chi connectivity index (χ1v) is 14.3. The van der Waals surface area contributed by atoms with Gasteiger partial charge in [-0.2, -0.15) is 4.73 Å². The van der Waals surface area contributed by atoms with Crippen molar-refractivity contribution in [2.24, 2.45) is 5.73 Å². The van der Waals surface area contributed by atoms with Crippen LogP contribution in [-0.2, 0) is 6.42 Å². The van der Waals surface area contributed by atoms with Crippen molar-refractivity contribution in [3.05, 3.63) is 79.3 Å². The standard InChI is InChI=1S/C23H24ClF3N2O3Si/c1-12-16(23(28)31)22(30)17-15(11-13-5-7-14(24)8-6-13)18(25)19(26)20(27)21(17)29(12)32-9-10-33(2,3)4/h5-8H,9-11H2,1-4H3,(H2,28,31). The lowest BCUT2D eigenvalue weighted by Gasteiger charge is -2.22. The van der Waals surface area contributed by atoms with Crippen LogP contribution in [0.5, 0.6) is 0 Å². The van der Waals surface area contributed by atoms with Gasteiger partial charge in [-0.05, 0) is 30.7 Å². The van der Waals surface area contributed by atoms with E-state index < -0.39 is 58.9 Å². The number of nitrogens with two attached hydrogens (primary N) is 1. The van der Waals surface area contributed by atoms with Crippen LogP contribution in [0.3, 0.4) is 0 Å². The number of amides is 1. The third kappa shape index (κ3) is 4.94. The fourth-order valence-electron chi connectivity index (χ4n) is 3.56. The molecule has 0 spiro atoms. The molecule has 0 fully saturated rings. The number of carbonyl (C=O) groups excluding carboxylic acids is 1. The van der Waals surface area contributed by atoms with Crippen LogP contribution >= 0.6 is 11.6 Å². The molecule has 5 nitrogen and oxygen atoms in total. The summed E-state index contributed by atoms with van der Waals surface area (Å²) in [6.45, 7) is 7.76. The molecular weight excluding hydrogens is 473 g/mol. The molecule has 1 heterocycles. The van der Waals surface area contributed by atoms with E-state index in [0.29, 0.717) is 16.6 Å². The lowest BCUT2D eigenvalue weighted by Crippen LogP contribution is -2.32. The van der Waals surface area contributed by atoms with Gasteiger partial charge >= 0.3 is 0 Å². The van der Waals surface area contributed by atoms with E-state index in [1.165, 1.54) is 6.92 Å². The summed E-state index contributed by atoms with van der Waals surface area (Å²) in [5, 5.41) is -0.0621. The van der Waals surface area contributed by atoms with E-state index in [1.54, 1.807) is 24.3 Å². The summed E-state index contributed by atoms with van der Waals surface area (Å²) in [4.78, 5) is 31.0. The van der Waals surface area contributed by atoms with Gasteiger partial charge in [0, 0.05) is 25.1 Å². The van der Waals surface area contributed by atoms with Crippen molar-refractivity contribution in [1.82, 2.24) is 4.73 Å². The minimum Gasteiger partial charge on any atom is -0.414 e. The Kier molecular flexibility index (Phi) is 6.95. The monoisotopic (exact) mass is 496 g/mol. The second-order valence-electron chi connectivity index (χ2n) is 9.04. The van der Waals surface area contributed by atoms with Gasteiger partial charge in [-0.25, -0.2) is 13.2 Å². The number of rotatable bonds is 7. The van der Waals surface area contributed by atoms with Gasteiger partial charge in [-0.1, -0.05) is 43.4 Å². The zero-order valence-corrected chi connectivity index (χ0v) is 20.4. The molecular formula is C23H24ClF3N2O3Si. The summed E-state index contributed by atoms with van der Waals surface area (Å²) in [6, 6.07) is 6.90. The maximum atomic E-state index is 15.1. The fraction of sp³-hybridized carbons (Fsp3) is 0.304. The molecule has 0 aliphatic rings. The van der Waals surface area contributed by atoms with Gasteiger partial charge in [-0.15, -0.1) is 0 Å². The van der Waals surface area contributed by atoms with Gasteiger partial charge in [0.15, 0.2) is 17.5 Å². The van der Waals surface area contributed by atoms with E-state index >= 15 is 4.39 Å². The van der Waals surface area contributed by atoms with Crippen molar-refractivity contribution in [1.29, 1.82) is 0 Å². The summed E-state index contributed by atoms with van der Waals surface area (Å²) < 4.78 is 45.6. The first kappa shape index (κ1) is 24.9.